The highest BCUT2D eigenvalue weighted by Crippen LogP contribution is 2.37. The number of rotatable bonds is 3. The molecule has 0 bridgehead atoms. The van der Waals surface area contributed by atoms with Gasteiger partial charge in [-0.05, 0) is 51.8 Å². The maximum Gasteiger partial charge on any atom is 0.137 e. The fourth-order valence-corrected chi connectivity index (χ4v) is 2.64. The van der Waals surface area contributed by atoms with Gasteiger partial charge in [0, 0.05) is 10.6 Å². The van der Waals surface area contributed by atoms with Crippen molar-refractivity contribution in [1.29, 1.82) is 0 Å². The van der Waals surface area contributed by atoms with E-state index in [0.29, 0.717) is 15.2 Å². The van der Waals surface area contributed by atoms with Crippen LogP contribution in [0.2, 0.25) is 5.02 Å². The second-order valence-electron chi connectivity index (χ2n) is 3.92. The third-order valence-electron chi connectivity index (χ3n) is 2.70. The number of ether oxygens (including phenoxy) is 1. The number of alkyl halides is 1. The fourth-order valence-electron chi connectivity index (χ4n) is 1.75. The summed E-state index contributed by atoms with van der Waals surface area (Å²) in [7, 11) is 1.57. The summed E-state index contributed by atoms with van der Waals surface area (Å²) in [6, 6.07) is 9.88. The first-order chi connectivity index (χ1) is 9.02. The molecule has 2 rings (SSSR count). The molecule has 1 unspecified atom stereocenters. The maximum atomic E-state index is 13.2. The van der Waals surface area contributed by atoms with E-state index in [4.69, 9.17) is 27.9 Å². The van der Waals surface area contributed by atoms with Crippen LogP contribution in [0.5, 0.6) is 5.75 Å². The molecule has 0 radical (unpaired) electrons. The van der Waals surface area contributed by atoms with E-state index >= 15 is 0 Å². The number of methoxy groups -OCH3 is 1. The van der Waals surface area contributed by atoms with Gasteiger partial charge in [-0.15, -0.1) is 11.6 Å². The topological polar surface area (TPSA) is 9.23 Å². The van der Waals surface area contributed by atoms with Crippen molar-refractivity contribution in [2.45, 2.75) is 5.38 Å². The summed E-state index contributed by atoms with van der Waals surface area (Å²) >= 11 is 15.6. The van der Waals surface area contributed by atoms with Crippen LogP contribution in [-0.4, -0.2) is 7.11 Å². The standard InChI is InChI=1S/C14H10BrCl2FO/c1-19-13-5-3-9(16)7-10(13)14(17)8-2-4-12(18)11(15)6-8/h2-7,14H,1H3. The second-order valence-corrected chi connectivity index (χ2v) is 5.65. The Hall–Kier alpha value is -0.770. The molecule has 2 aromatic rings. The average molecular weight is 364 g/mol. The fraction of sp³-hybridized carbons (Fsp3) is 0.143. The van der Waals surface area contributed by atoms with E-state index in [1.54, 1.807) is 37.4 Å². The van der Waals surface area contributed by atoms with Crippen LogP contribution in [0.1, 0.15) is 16.5 Å². The van der Waals surface area contributed by atoms with Crippen molar-refractivity contribution >= 4 is 39.1 Å². The second kappa shape index (κ2) is 6.12. The molecule has 0 saturated carbocycles. The third kappa shape index (κ3) is 3.22. The van der Waals surface area contributed by atoms with Crippen molar-refractivity contribution in [2.24, 2.45) is 0 Å². The van der Waals surface area contributed by atoms with Crippen LogP contribution in [-0.2, 0) is 0 Å². The third-order valence-corrected chi connectivity index (χ3v) is 4.03. The molecular weight excluding hydrogens is 354 g/mol. The van der Waals surface area contributed by atoms with Gasteiger partial charge in [-0.3, -0.25) is 0 Å². The predicted octanol–water partition coefficient (Wildman–Crippen LogP) is 5.58. The highest BCUT2D eigenvalue weighted by atomic mass is 79.9. The lowest BCUT2D eigenvalue weighted by Crippen LogP contribution is -1.98. The van der Waals surface area contributed by atoms with Gasteiger partial charge in [-0.2, -0.15) is 0 Å². The molecule has 2 aromatic carbocycles. The van der Waals surface area contributed by atoms with Crippen LogP contribution in [0.3, 0.4) is 0 Å². The Bertz CT molecular complexity index is 604. The Kier molecular flexibility index (Phi) is 4.71. The van der Waals surface area contributed by atoms with Gasteiger partial charge in [0.2, 0.25) is 0 Å². The Morgan fingerprint density at radius 3 is 2.58 bits per heavy atom. The van der Waals surface area contributed by atoms with E-state index in [1.807, 2.05) is 0 Å². The van der Waals surface area contributed by atoms with Crippen LogP contribution >= 0.6 is 39.1 Å². The predicted molar refractivity (Wildman–Crippen MR) is 79.8 cm³/mol. The van der Waals surface area contributed by atoms with E-state index in [-0.39, 0.29) is 5.82 Å². The van der Waals surface area contributed by atoms with Crippen molar-refractivity contribution in [2.75, 3.05) is 7.11 Å². The smallest absolute Gasteiger partial charge is 0.137 e. The van der Waals surface area contributed by atoms with Gasteiger partial charge in [-0.25, -0.2) is 4.39 Å². The zero-order valence-electron chi connectivity index (χ0n) is 9.96. The lowest BCUT2D eigenvalue weighted by atomic mass is 10.0. The molecule has 0 saturated heterocycles. The number of benzene rings is 2. The average Bonchev–Trinajstić information content (AvgIpc) is 2.41. The number of halogens is 4. The van der Waals surface area contributed by atoms with E-state index < -0.39 is 5.38 Å². The first kappa shape index (κ1) is 14.6. The molecule has 0 aliphatic carbocycles. The zero-order valence-corrected chi connectivity index (χ0v) is 13.1. The highest BCUT2D eigenvalue weighted by molar-refractivity contribution is 9.10. The first-order valence-corrected chi connectivity index (χ1v) is 7.06. The summed E-state index contributed by atoms with van der Waals surface area (Å²) in [6.45, 7) is 0. The van der Waals surface area contributed by atoms with Gasteiger partial charge in [0.05, 0.1) is 17.0 Å². The zero-order chi connectivity index (χ0) is 14.0. The van der Waals surface area contributed by atoms with Crippen molar-refractivity contribution in [1.82, 2.24) is 0 Å². The SMILES string of the molecule is COc1ccc(Cl)cc1C(Cl)c1ccc(F)c(Br)c1. The Balaban J connectivity index is 2.45. The maximum absolute atomic E-state index is 13.2. The summed E-state index contributed by atoms with van der Waals surface area (Å²) < 4.78 is 18.9. The molecule has 1 nitrogen and oxygen atoms in total. The van der Waals surface area contributed by atoms with Crippen molar-refractivity contribution in [3.05, 3.63) is 62.8 Å². The summed E-state index contributed by atoms with van der Waals surface area (Å²) in [4.78, 5) is 0. The summed E-state index contributed by atoms with van der Waals surface area (Å²) in [5.41, 5.74) is 1.51. The van der Waals surface area contributed by atoms with Crippen LogP contribution < -0.4 is 4.74 Å². The molecule has 0 heterocycles. The normalized spacial score (nSPS) is 12.3. The quantitative estimate of drug-likeness (QED) is 0.647. The molecule has 19 heavy (non-hydrogen) atoms. The van der Waals surface area contributed by atoms with Gasteiger partial charge in [0.15, 0.2) is 0 Å². The van der Waals surface area contributed by atoms with Crippen LogP contribution in [0.4, 0.5) is 4.39 Å². The molecule has 0 N–H and O–H groups in total. The largest absolute Gasteiger partial charge is 0.496 e. The van der Waals surface area contributed by atoms with Crippen molar-refractivity contribution in [3.8, 4) is 5.75 Å². The van der Waals surface area contributed by atoms with Crippen LogP contribution in [0.15, 0.2) is 40.9 Å². The molecule has 0 fully saturated rings. The highest BCUT2D eigenvalue weighted by Gasteiger charge is 2.17. The van der Waals surface area contributed by atoms with Crippen LogP contribution in [0.25, 0.3) is 0 Å². The molecule has 0 aromatic heterocycles. The first-order valence-electron chi connectivity index (χ1n) is 5.45. The molecule has 1 atom stereocenters. The molecule has 5 heteroatoms. The van der Waals surface area contributed by atoms with E-state index in [1.165, 1.54) is 6.07 Å². The summed E-state index contributed by atoms with van der Waals surface area (Å²) in [5.74, 6) is 0.315. The molecule has 100 valence electrons. The lowest BCUT2D eigenvalue weighted by Gasteiger charge is -2.15. The molecule has 0 amide bonds. The minimum absolute atomic E-state index is 0.328. The molecule has 0 aliphatic heterocycles. The Labute approximate surface area is 129 Å². The number of hydrogen-bond acceptors (Lipinski definition) is 1. The van der Waals surface area contributed by atoms with Gasteiger partial charge >= 0.3 is 0 Å². The van der Waals surface area contributed by atoms with E-state index in [0.717, 1.165) is 11.1 Å². The minimum atomic E-state index is -0.467. The van der Waals surface area contributed by atoms with E-state index in [9.17, 15) is 4.39 Å². The van der Waals surface area contributed by atoms with Gasteiger partial charge < -0.3 is 4.74 Å². The monoisotopic (exact) mass is 362 g/mol. The molecule has 0 aliphatic rings. The minimum Gasteiger partial charge on any atom is -0.496 e. The van der Waals surface area contributed by atoms with Crippen molar-refractivity contribution < 1.29 is 9.13 Å². The molecular formula is C14H10BrCl2FO. The Morgan fingerprint density at radius 1 is 1.21 bits per heavy atom. The van der Waals surface area contributed by atoms with Gasteiger partial charge in [0.1, 0.15) is 11.6 Å². The van der Waals surface area contributed by atoms with Crippen molar-refractivity contribution in [3.63, 3.8) is 0 Å². The van der Waals surface area contributed by atoms with Crippen LogP contribution in [0, 0.1) is 5.82 Å². The van der Waals surface area contributed by atoms with E-state index in [2.05, 4.69) is 15.9 Å². The Morgan fingerprint density at radius 2 is 1.95 bits per heavy atom. The summed E-state index contributed by atoms with van der Waals surface area (Å²) in [6.07, 6.45) is 0. The lowest BCUT2D eigenvalue weighted by molar-refractivity contribution is 0.410. The number of hydrogen-bond donors (Lipinski definition) is 0. The summed E-state index contributed by atoms with van der Waals surface area (Å²) in [5, 5.41) is 0.105. The van der Waals surface area contributed by atoms with Gasteiger partial charge in [-0.1, -0.05) is 17.7 Å². The molecule has 0 spiro atoms. The van der Waals surface area contributed by atoms with Gasteiger partial charge in [0.25, 0.3) is 0 Å².